The van der Waals surface area contributed by atoms with Crippen molar-refractivity contribution in [1.29, 1.82) is 0 Å². The van der Waals surface area contributed by atoms with Crippen molar-refractivity contribution in [3.63, 3.8) is 0 Å². The van der Waals surface area contributed by atoms with Crippen molar-refractivity contribution in [2.45, 2.75) is 19.5 Å². The highest BCUT2D eigenvalue weighted by molar-refractivity contribution is 6.06. The van der Waals surface area contributed by atoms with E-state index < -0.39 is 5.82 Å². The molecule has 4 aromatic rings. The molecular weight excluding hydrogens is 429 g/mol. The summed E-state index contributed by atoms with van der Waals surface area (Å²) in [6.07, 6.45) is 1.90. The standard InChI is InChI=1S/C28H24FN3O2/c29-24-10-6-9-23(18-24)28(34)32(20-22-7-2-1-3-8-22)26-14-12-21(13-15-26)17-27(33)31-19-25-11-4-5-16-30-25/h1-16,18H,17,19-20H2,(H,31,33). The first-order chi connectivity index (χ1) is 16.6. The molecule has 1 aromatic heterocycles. The molecular formula is C28H24FN3O2. The number of hydrogen-bond donors (Lipinski definition) is 1. The van der Waals surface area contributed by atoms with Crippen LogP contribution in [0.25, 0.3) is 0 Å². The first-order valence-corrected chi connectivity index (χ1v) is 11.0. The Morgan fingerprint density at radius 3 is 2.29 bits per heavy atom. The highest BCUT2D eigenvalue weighted by Gasteiger charge is 2.19. The van der Waals surface area contributed by atoms with Crippen molar-refractivity contribution >= 4 is 17.5 Å². The third kappa shape index (κ3) is 6.13. The van der Waals surface area contributed by atoms with Gasteiger partial charge in [0.2, 0.25) is 5.91 Å². The Morgan fingerprint density at radius 1 is 0.824 bits per heavy atom. The van der Waals surface area contributed by atoms with Gasteiger partial charge >= 0.3 is 0 Å². The molecule has 170 valence electrons. The number of nitrogens with one attached hydrogen (secondary N) is 1. The van der Waals surface area contributed by atoms with Gasteiger partial charge in [-0.2, -0.15) is 0 Å². The van der Waals surface area contributed by atoms with Crippen LogP contribution in [0.2, 0.25) is 0 Å². The summed E-state index contributed by atoms with van der Waals surface area (Å²) in [5.74, 6) is -0.878. The van der Waals surface area contributed by atoms with E-state index in [-0.39, 0.29) is 23.8 Å². The van der Waals surface area contributed by atoms with E-state index in [9.17, 15) is 14.0 Å². The number of amides is 2. The molecule has 3 aromatic carbocycles. The summed E-state index contributed by atoms with van der Waals surface area (Å²) in [7, 11) is 0. The minimum Gasteiger partial charge on any atom is -0.350 e. The summed E-state index contributed by atoms with van der Waals surface area (Å²) in [6.45, 7) is 0.699. The van der Waals surface area contributed by atoms with E-state index in [0.29, 0.717) is 18.8 Å². The lowest BCUT2D eigenvalue weighted by Gasteiger charge is -2.23. The Kier molecular flexibility index (Phi) is 7.40. The number of pyridine rings is 1. The van der Waals surface area contributed by atoms with Crippen LogP contribution in [0.3, 0.4) is 0 Å². The van der Waals surface area contributed by atoms with Gasteiger partial charge in [-0.3, -0.25) is 14.6 Å². The molecule has 0 atom stereocenters. The van der Waals surface area contributed by atoms with Gasteiger partial charge in [0.1, 0.15) is 5.82 Å². The van der Waals surface area contributed by atoms with Crippen LogP contribution in [-0.4, -0.2) is 16.8 Å². The Labute approximate surface area is 197 Å². The fourth-order valence-electron chi connectivity index (χ4n) is 3.56. The van der Waals surface area contributed by atoms with Gasteiger partial charge in [0.25, 0.3) is 5.91 Å². The summed E-state index contributed by atoms with van der Waals surface area (Å²) >= 11 is 0. The maximum Gasteiger partial charge on any atom is 0.258 e. The topological polar surface area (TPSA) is 62.3 Å². The summed E-state index contributed by atoms with van der Waals surface area (Å²) < 4.78 is 13.8. The number of aromatic nitrogens is 1. The third-order valence-electron chi connectivity index (χ3n) is 5.31. The van der Waals surface area contributed by atoms with Crippen molar-refractivity contribution in [1.82, 2.24) is 10.3 Å². The van der Waals surface area contributed by atoms with E-state index >= 15 is 0 Å². The molecule has 4 rings (SSSR count). The second-order valence-electron chi connectivity index (χ2n) is 7.83. The average molecular weight is 454 g/mol. The Hall–Kier alpha value is -4.32. The molecule has 0 unspecified atom stereocenters. The highest BCUT2D eigenvalue weighted by Crippen LogP contribution is 2.22. The lowest BCUT2D eigenvalue weighted by molar-refractivity contribution is -0.120. The first kappa shape index (κ1) is 22.9. The molecule has 0 saturated heterocycles. The lowest BCUT2D eigenvalue weighted by atomic mass is 10.1. The molecule has 0 fully saturated rings. The second-order valence-corrected chi connectivity index (χ2v) is 7.83. The Balaban J connectivity index is 1.48. The summed E-state index contributed by atoms with van der Waals surface area (Å²) in [4.78, 5) is 31.4. The Bertz CT molecular complexity index is 1250. The molecule has 34 heavy (non-hydrogen) atoms. The zero-order valence-corrected chi connectivity index (χ0v) is 18.5. The van der Waals surface area contributed by atoms with Crippen LogP contribution in [0.15, 0.2) is 103 Å². The number of halogens is 1. The van der Waals surface area contributed by atoms with Gasteiger partial charge in [-0.15, -0.1) is 0 Å². The van der Waals surface area contributed by atoms with Crippen LogP contribution in [0, 0.1) is 5.82 Å². The number of carbonyl (C=O) groups excluding carboxylic acids is 2. The normalized spacial score (nSPS) is 10.5. The zero-order chi connectivity index (χ0) is 23.8. The summed E-state index contributed by atoms with van der Waals surface area (Å²) in [5, 5.41) is 2.86. The molecule has 0 radical (unpaired) electrons. The smallest absolute Gasteiger partial charge is 0.258 e. The third-order valence-corrected chi connectivity index (χ3v) is 5.31. The van der Waals surface area contributed by atoms with Gasteiger partial charge in [-0.25, -0.2) is 4.39 Å². The van der Waals surface area contributed by atoms with Gasteiger partial charge in [0.15, 0.2) is 0 Å². The number of rotatable bonds is 8. The SMILES string of the molecule is O=C(Cc1ccc(N(Cc2ccccc2)C(=O)c2cccc(F)c2)cc1)NCc1ccccn1. The molecule has 0 aliphatic heterocycles. The van der Waals surface area contributed by atoms with Crippen molar-refractivity contribution in [3.8, 4) is 0 Å². The van der Waals surface area contributed by atoms with Crippen molar-refractivity contribution in [2.75, 3.05) is 4.90 Å². The molecule has 6 heteroatoms. The number of hydrogen-bond acceptors (Lipinski definition) is 3. The maximum absolute atomic E-state index is 13.8. The number of anilines is 1. The molecule has 0 saturated carbocycles. The zero-order valence-electron chi connectivity index (χ0n) is 18.5. The fourth-order valence-corrected chi connectivity index (χ4v) is 3.56. The number of carbonyl (C=O) groups is 2. The van der Waals surface area contributed by atoms with Crippen LogP contribution in [-0.2, 0) is 24.3 Å². The minimum atomic E-state index is -0.461. The van der Waals surface area contributed by atoms with Crippen molar-refractivity contribution in [3.05, 3.63) is 131 Å². The number of benzene rings is 3. The summed E-state index contributed by atoms with van der Waals surface area (Å²) in [6, 6.07) is 28.1. The molecule has 2 amide bonds. The monoisotopic (exact) mass is 453 g/mol. The van der Waals surface area contributed by atoms with Gasteiger partial charge in [0, 0.05) is 17.4 Å². The van der Waals surface area contributed by atoms with Crippen molar-refractivity contribution in [2.24, 2.45) is 0 Å². The maximum atomic E-state index is 13.8. The van der Waals surface area contributed by atoms with Crippen LogP contribution in [0.5, 0.6) is 0 Å². The minimum absolute atomic E-state index is 0.115. The van der Waals surface area contributed by atoms with E-state index in [1.165, 1.54) is 18.2 Å². The van der Waals surface area contributed by atoms with Crippen LogP contribution < -0.4 is 10.2 Å². The van der Waals surface area contributed by atoms with E-state index in [1.54, 1.807) is 17.2 Å². The van der Waals surface area contributed by atoms with Crippen LogP contribution in [0.1, 0.15) is 27.2 Å². The predicted molar refractivity (Wildman–Crippen MR) is 130 cm³/mol. The molecule has 1 heterocycles. The number of nitrogens with zero attached hydrogens (tertiary/aromatic N) is 2. The van der Waals surface area contributed by atoms with Gasteiger partial charge in [0.05, 0.1) is 25.2 Å². The molecule has 0 aliphatic carbocycles. The lowest BCUT2D eigenvalue weighted by Crippen LogP contribution is -2.30. The molecule has 5 nitrogen and oxygen atoms in total. The first-order valence-electron chi connectivity index (χ1n) is 11.0. The highest BCUT2D eigenvalue weighted by atomic mass is 19.1. The van der Waals surface area contributed by atoms with E-state index in [0.717, 1.165) is 16.8 Å². The van der Waals surface area contributed by atoms with E-state index in [1.807, 2.05) is 72.8 Å². The molecule has 0 bridgehead atoms. The van der Waals surface area contributed by atoms with E-state index in [2.05, 4.69) is 10.3 Å². The predicted octanol–water partition coefficient (Wildman–Crippen LogP) is 4.93. The average Bonchev–Trinajstić information content (AvgIpc) is 2.87. The second kappa shape index (κ2) is 11.0. The molecule has 1 N–H and O–H groups in total. The molecule has 0 spiro atoms. The van der Waals surface area contributed by atoms with Gasteiger partial charge in [-0.05, 0) is 53.6 Å². The molecule has 0 aliphatic rings. The van der Waals surface area contributed by atoms with Crippen LogP contribution >= 0.6 is 0 Å². The fraction of sp³-hybridized carbons (Fsp3) is 0.107. The van der Waals surface area contributed by atoms with E-state index in [4.69, 9.17) is 0 Å². The Morgan fingerprint density at radius 2 is 1.59 bits per heavy atom. The quantitative estimate of drug-likeness (QED) is 0.412. The van der Waals surface area contributed by atoms with Crippen LogP contribution in [0.4, 0.5) is 10.1 Å². The van der Waals surface area contributed by atoms with Gasteiger partial charge in [-0.1, -0.05) is 54.6 Å². The van der Waals surface area contributed by atoms with Gasteiger partial charge < -0.3 is 10.2 Å². The summed E-state index contributed by atoms with van der Waals surface area (Å²) in [5.41, 5.74) is 3.49. The largest absolute Gasteiger partial charge is 0.350 e. The van der Waals surface area contributed by atoms with Crippen molar-refractivity contribution < 1.29 is 14.0 Å².